The van der Waals surface area contributed by atoms with Gasteiger partial charge in [0.1, 0.15) is 12.4 Å². The van der Waals surface area contributed by atoms with Gasteiger partial charge in [-0.15, -0.1) is 0 Å². The van der Waals surface area contributed by atoms with E-state index in [-0.39, 0.29) is 23.8 Å². The van der Waals surface area contributed by atoms with Crippen LogP contribution in [0.5, 0.6) is 5.75 Å². The van der Waals surface area contributed by atoms with Crippen LogP contribution in [0.1, 0.15) is 27.6 Å². The number of ether oxygens (including phenoxy) is 1. The predicted molar refractivity (Wildman–Crippen MR) is 97.7 cm³/mol. The number of fused-ring (bicyclic) bond motifs is 1. The quantitative estimate of drug-likeness (QED) is 0.799. The predicted octanol–water partition coefficient (Wildman–Crippen LogP) is 1.83. The second-order valence-electron chi connectivity index (χ2n) is 5.97. The van der Waals surface area contributed by atoms with Crippen LogP contribution < -0.4 is 20.7 Å². The molecule has 0 saturated carbocycles. The number of primary amides is 1. The van der Waals surface area contributed by atoms with E-state index in [1.807, 2.05) is 4.90 Å². The lowest BCUT2D eigenvalue weighted by Crippen LogP contribution is -2.39. The number of ketones is 1. The topological polar surface area (TPSA) is 102 Å². The molecule has 1 heterocycles. The van der Waals surface area contributed by atoms with Gasteiger partial charge in [-0.25, -0.2) is 0 Å². The fourth-order valence-corrected chi connectivity index (χ4v) is 2.83. The Labute approximate surface area is 150 Å². The van der Waals surface area contributed by atoms with Gasteiger partial charge in [-0.2, -0.15) is 0 Å². The van der Waals surface area contributed by atoms with E-state index in [9.17, 15) is 14.4 Å². The summed E-state index contributed by atoms with van der Waals surface area (Å²) in [7, 11) is 0. The maximum Gasteiger partial charge on any atom is 0.250 e. The van der Waals surface area contributed by atoms with Crippen molar-refractivity contribution in [1.29, 1.82) is 0 Å². The minimum Gasteiger partial charge on any atom is -0.490 e. The van der Waals surface area contributed by atoms with E-state index in [1.165, 1.54) is 6.92 Å². The minimum atomic E-state index is -0.608. The van der Waals surface area contributed by atoms with E-state index >= 15 is 0 Å². The average molecular weight is 353 g/mol. The van der Waals surface area contributed by atoms with Gasteiger partial charge in [0, 0.05) is 5.56 Å². The molecule has 0 radical (unpaired) electrons. The van der Waals surface area contributed by atoms with Gasteiger partial charge in [0.15, 0.2) is 5.78 Å². The largest absolute Gasteiger partial charge is 0.490 e. The summed E-state index contributed by atoms with van der Waals surface area (Å²) in [6, 6.07) is 11.7. The summed E-state index contributed by atoms with van der Waals surface area (Å²) in [5.74, 6) is -0.326. The van der Waals surface area contributed by atoms with E-state index in [0.29, 0.717) is 35.8 Å². The first-order chi connectivity index (χ1) is 12.5. The van der Waals surface area contributed by atoms with Gasteiger partial charge in [-0.05, 0) is 37.3 Å². The molecule has 2 aromatic rings. The SMILES string of the molecule is CC(=O)c1ccc2c(c1)N(CC(=O)Nc1ccccc1C(N)=O)CCO2. The Morgan fingerprint density at radius 1 is 1.19 bits per heavy atom. The highest BCUT2D eigenvalue weighted by atomic mass is 16.5. The fourth-order valence-electron chi connectivity index (χ4n) is 2.83. The number of nitrogens with two attached hydrogens (primary N) is 1. The van der Waals surface area contributed by atoms with Crippen LogP contribution >= 0.6 is 0 Å². The summed E-state index contributed by atoms with van der Waals surface area (Å²) >= 11 is 0. The monoisotopic (exact) mass is 353 g/mol. The molecule has 3 N–H and O–H groups in total. The number of rotatable bonds is 5. The smallest absolute Gasteiger partial charge is 0.250 e. The Bertz CT molecular complexity index is 879. The van der Waals surface area contributed by atoms with Crippen molar-refractivity contribution in [2.75, 3.05) is 29.9 Å². The van der Waals surface area contributed by atoms with Gasteiger partial charge in [0.05, 0.1) is 30.0 Å². The number of hydrogen-bond donors (Lipinski definition) is 2. The van der Waals surface area contributed by atoms with Crippen LogP contribution in [-0.4, -0.2) is 37.3 Å². The number of carbonyl (C=O) groups is 3. The Hall–Kier alpha value is -3.35. The highest BCUT2D eigenvalue weighted by molar-refractivity contribution is 6.04. The van der Waals surface area contributed by atoms with E-state index in [0.717, 1.165) is 0 Å². The van der Waals surface area contributed by atoms with E-state index in [4.69, 9.17) is 10.5 Å². The standard InChI is InChI=1S/C19H19N3O4/c1-12(23)13-6-7-17-16(10-13)22(8-9-26-17)11-18(24)21-15-5-3-2-4-14(15)19(20)25/h2-7,10H,8-9,11H2,1H3,(H2,20,25)(H,21,24). The molecule has 0 fully saturated rings. The molecule has 3 rings (SSSR count). The number of hydrogen-bond acceptors (Lipinski definition) is 5. The van der Waals surface area contributed by atoms with Crippen molar-refractivity contribution in [2.24, 2.45) is 5.73 Å². The van der Waals surface area contributed by atoms with Crippen molar-refractivity contribution in [2.45, 2.75) is 6.92 Å². The second kappa shape index (κ2) is 7.26. The van der Waals surface area contributed by atoms with Crippen molar-refractivity contribution in [3.8, 4) is 5.75 Å². The molecule has 1 aliphatic rings. The molecule has 2 amide bonds. The number of amides is 2. The van der Waals surface area contributed by atoms with Crippen LogP contribution in [0.2, 0.25) is 0 Å². The Kier molecular flexibility index (Phi) is 4.88. The molecule has 2 aromatic carbocycles. The Morgan fingerprint density at radius 2 is 1.96 bits per heavy atom. The molecular weight excluding hydrogens is 334 g/mol. The summed E-state index contributed by atoms with van der Waals surface area (Å²) in [6.07, 6.45) is 0. The molecule has 0 spiro atoms. The van der Waals surface area contributed by atoms with Crippen LogP contribution in [0, 0.1) is 0 Å². The lowest BCUT2D eigenvalue weighted by molar-refractivity contribution is -0.115. The van der Waals surface area contributed by atoms with Crippen molar-refractivity contribution >= 4 is 29.0 Å². The molecule has 7 nitrogen and oxygen atoms in total. The number of nitrogens with one attached hydrogen (secondary N) is 1. The van der Waals surface area contributed by atoms with Crippen molar-refractivity contribution in [3.63, 3.8) is 0 Å². The highest BCUT2D eigenvalue weighted by Crippen LogP contribution is 2.32. The fraction of sp³-hybridized carbons (Fsp3) is 0.211. The van der Waals surface area contributed by atoms with Crippen molar-refractivity contribution in [3.05, 3.63) is 53.6 Å². The summed E-state index contributed by atoms with van der Waals surface area (Å²) in [6.45, 7) is 2.50. The van der Waals surface area contributed by atoms with Crippen LogP contribution in [0.25, 0.3) is 0 Å². The van der Waals surface area contributed by atoms with Crippen molar-refractivity contribution in [1.82, 2.24) is 0 Å². The van der Waals surface area contributed by atoms with Crippen LogP contribution in [-0.2, 0) is 4.79 Å². The molecule has 0 saturated heterocycles. The maximum atomic E-state index is 12.5. The number of carbonyl (C=O) groups excluding carboxylic acids is 3. The molecule has 1 aliphatic heterocycles. The first-order valence-corrected chi connectivity index (χ1v) is 8.17. The molecule has 26 heavy (non-hydrogen) atoms. The Balaban J connectivity index is 1.78. The van der Waals surface area contributed by atoms with Gasteiger partial charge >= 0.3 is 0 Å². The van der Waals surface area contributed by atoms with Crippen LogP contribution in [0.4, 0.5) is 11.4 Å². The summed E-state index contributed by atoms with van der Waals surface area (Å²) in [4.78, 5) is 37.4. The lowest BCUT2D eigenvalue weighted by Gasteiger charge is -2.31. The average Bonchev–Trinajstić information content (AvgIpc) is 2.61. The van der Waals surface area contributed by atoms with Gasteiger partial charge in [0.2, 0.25) is 5.91 Å². The first kappa shape index (κ1) is 17.5. The van der Waals surface area contributed by atoms with E-state index < -0.39 is 5.91 Å². The molecule has 134 valence electrons. The lowest BCUT2D eigenvalue weighted by atomic mass is 10.1. The summed E-state index contributed by atoms with van der Waals surface area (Å²) < 4.78 is 5.59. The normalized spacial score (nSPS) is 12.7. The molecule has 7 heteroatoms. The molecule has 0 unspecified atom stereocenters. The Morgan fingerprint density at radius 3 is 2.69 bits per heavy atom. The molecular formula is C19H19N3O4. The number of nitrogens with zero attached hydrogens (tertiary/aromatic N) is 1. The molecule has 0 bridgehead atoms. The number of para-hydroxylation sites is 1. The third-order valence-corrected chi connectivity index (χ3v) is 4.13. The molecule has 0 aromatic heterocycles. The van der Waals surface area contributed by atoms with Gasteiger partial charge in [0.25, 0.3) is 5.91 Å². The van der Waals surface area contributed by atoms with Crippen LogP contribution in [0.15, 0.2) is 42.5 Å². The van der Waals surface area contributed by atoms with Gasteiger partial charge < -0.3 is 20.7 Å². The van der Waals surface area contributed by atoms with E-state index in [2.05, 4.69) is 5.32 Å². The van der Waals surface area contributed by atoms with E-state index in [1.54, 1.807) is 42.5 Å². The summed E-state index contributed by atoms with van der Waals surface area (Å²) in [5, 5.41) is 2.72. The number of anilines is 2. The molecule has 0 atom stereocenters. The van der Waals surface area contributed by atoms with Gasteiger partial charge in [-0.1, -0.05) is 12.1 Å². The highest BCUT2D eigenvalue weighted by Gasteiger charge is 2.22. The minimum absolute atomic E-state index is 0.0573. The zero-order valence-electron chi connectivity index (χ0n) is 14.3. The van der Waals surface area contributed by atoms with Gasteiger partial charge in [-0.3, -0.25) is 14.4 Å². The third-order valence-electron chi connectivity index (χ3n) is 4.13. The first-order valence-electron chi connectivity index (χ1n) is 8.17. The number of benzene rings is 2. The summed E-state index contributed by atoms with van der Waals surface area (Å²) in [5.41, 5.74) is 7.21. The maximum absolute atomic E-state index is 12.5. The second-order valence-corrected chi connectivity index (χ2v) is 5.97. The number of Topliss-reactive ketones (excluding diaryl/α,β-unsaturated/α-hetero) is 1. The third kappa shape index (κ3) is 3.66. The van der Waals surface area contributed by atoms with Crippen LogP contribution in [0.3, 0.4) is 0 Å². The molecule has 0 aliphatic carbocycles. The zero-order valence-corrected chi connectivity index (χ0v) is 14.3. The zero-order chi connectivity index (χ0) is 18.7. The van der Waals surface area contributed by atoms with Crippen molar-refractivity contribution < 1.29 is 19.1 Å².